The van der Waals surface area contributed by atoms with Gasteiger partial charge in [-0.25, -0.2) is 0 Å². The van der Waals surface area contributed by atoms with Crippen LogP contribution < -0.4 is 14.4 Å². The standard InChI is InChI=1S/C33H39N3O3/c1-4-34(5-2)33(37)24-14-17-28-31(20-24)39-32-29(12-9-13-30(32)38-3)36(28)27-21-25-15-16-26(22-27)35(25)19-18-23-10-7-6-8-11-23/h6-14,17,20,25-27H,4-5,15-16,18-19,21-22H2,1-3H3. The summed E-state index contributed by atoms with van der Waals surface area (Å²) in [5.41, 5.74) is 4.16. The SMILES string of the molecule is CCN(CC)C(=O)c1ccc2c(c1)Oc1c(OC)cccc1N2C1CC2CCC(C1)N2CCc1ccccc1. The number of carbonyl (C=O) groups is 1. The van der Waals surface area contributed by atoms with Crippen molar-refractivity contribution in [3.05, 3.63) is 77.9 Å². The number of piperidine rings is 1. The molecule has 0 saturated carbocycles. The van der Waals surface area contributed by atoms with E-state index >= 15 is 0 Å². The minimum Gasteiger partial charge on any atom is -0.493 e. The van der Waals surface area contributed by atoms with Crippen LogP contribution in [-0.4, -0.2) is 60.6 Å². The Bertz CT molecular complexity index is 1310. The first-order valence-corrected chi connectivity index (χ1v) is 14.5. The predicted octanol–water partition coefficient (Wildman–Crippen LogP) is 6.66. The molecule has 3 aromatic rings. The number of para-hydroxylation sites is 1. The summed E-state index contributed by atoms with van der Waals surface area (Å²) >= 11 is 0. The fourth-order valence-corrected chi connectivity index (χ4v) is 6.94. The summed E-state index contributed by atoms with van der Waals surface area (Å²) in [5.74, 6) is 2.21. The Balaban J connectivity index is 1.30. The van der Waals surface area contributed by atoms with Crippen molar-refractivity contribution in [2.75, 3.05) is 31.6 Å². The van der Waals surface area contributed by atoms with Gasteiger partial charge in [-0.2, -0.15) is 0 Å². The van der Waals surface area contributed by atoms with Gasteiger partial charge in [0.1, 0.15) is 0 Å². The molecule has 0 N–H and O–H groups in total. The first-order chi connectivity index (χ1) is 19.1. The van der Waals surface area contributed by atoms with Crippen LogP contribution in [0.15, 0.2) is 66.7 Å². The van der Waals surface area contributed by atoms with Crippen molar-refractivity contribution < 1.29 is 14.3 Å². The van der Waals surface area contributed by atoms with E-state index in [1.165, 1.54) is 18.4 Å². The van der Waals surface area contributed by atoms with Crippen LogP contribution in [0.3, 0.4) is 0 Å². The zero-order valence-corrected chi connectivity index (χ0v) is 23.3. The minimum atomic E-state index is 0.0357. The van der Waals surface area contributed by atoms with Crippen LogP contribution in [0, 0.1) is 0 Å². The number of methoxy groups -OCH3 is 1. The number of hydrogen-bond donors (Lipinski definition) is 0. The highest BCUT2D eigenvalue weighted by Gasteiger charge is 2.44. The van der Waals surface area contributed by atoms with Crippen LogP contribution in [0.25, 0.3) is 0 Å². The predicted molar refractivity (Wildman–Crippen MR) is 156 cm³/mol. The quantitative estimate of drug-likeness (QED) is 0.329. The fourth-order valence-electron chi connectivity index (χ4n) is 6.94. The molecular weight excluding hydrogens is 486 g/mol. The molecule has 0 radical (unpaired) electrons. The van der Waals surface area contributed by atoms with Crippen molar-refractivity contribution >= 4 is 17.3 Å². The Morgan fingerprint density at radius 2 is 1.67 bits per heavy atom. The summed E-state index contributed by atoms with van der Waals surface area (Å²) in [6, 6.07) is 24.5. The van der Waals surface area contributed by atoms with E-state index in [0.717, 1.165) is 48.7 Å². The van der Waals surface area contributed by atoms with E-state index in [1.54, 1.807) is 7.11 Å². The first-order valence-electron chi connectivity index (χ1n) is 14.5. The van der Waals surface area contributed by atoms with Gasteiger partial charge in [0.05, 0.1) is 18.5 Å². The van der Waals surface area contributed by atoms with Gasteiger partial charge < -0.3 is 19.3 Å². The van der Waals surface area contributed by atoms with Crippen molar-refractivity contribution in [1.29, 1.82) is 0 Å². The van der Waals surface area contributed by atoms with Crippen molar-refractivity contribution in [1.82, 2.24) is 9.80 Å². The molecule has 6 heteroatoms. The molecule has 0 spiro atoms. The number of nitrogens with zero attached hydrogens (tertiary/aromatic N) is 3. The van der Waals surface area contributed by atoms with E-state index < -0.39 is 0 Å². The van der Waals surface area contributed by atoms with Crippen LogP contribution in [0.2, 0.25) is 0 Å². The van der Waals surface area contributed by atoms with Gasteiger partial charge in [-0.1, -0.05) is 36.4 Å². The third kappa shape index (κ3) is 4.76. The minimum absolute atomic E-state index is 0.0357. The lowest BCUT2D eigenvalue weighted by Crippen LogP contribution is -2.50. The molecule has 3 aliphatic heterocycles. The van der Waals surface area contributed by atoms with Gasteiger partial charge >= 0.3 is 0 Å². The summed E-state index contributed by atoms with van der Waals surface area (Å²) in [6.45, 7) is 6.51. The summed E-state index contributed by atoms with van der Waals surface area (Å²) < 4.78 is 12.2. The van der Waals surface area contributed by atoms with E-state index in [4.69, 9.17) is 9.47 Å². The smallest absolute Gasteiger partial charge is 0.253 e. The molecule has 0 aromatic heterocycles. The molecule has 2 bridgehead atoms. The fraction of sp³-hybridized carbons (Fsp3) is 0.424. The Labute approximate surface area is 232 Å². The molecule has 204 valence electrons. The van der Waals surface area contributed by atoms with Gasteiger partial charge in [0.2, 0.25) is 0 Å². The van der Waals surface area contributed by atoms with E-state index in [0.29, 0.717) is 42.5 Å². The Hall–Kier alpha value is -3.51. The monoisotopic (exact) mass is 525 g/mol. The van der Waals surface area contributed by atoms with Gasteiger partial charge in [0, 0.05) is 43.3 Å². The number of benzene rings is 3. The third-order valence-corrected chi connectivity index (χ3v) is 8.89. The van der Waals surface area contributed by atoms with Gasteiger partial charge in [-0.3, -0.25) is 9.69 Å². The first kappa shape index (κ1) is 25.8. The highest BCUT2D eigenvalue weighted by Crippen LogP contribution is 2.54. The molecule has 0 aliphatic carbocycles. The van der Waals surface area contributed by atoms with Crippen molar-refractivity contribution in [2.24, 2.45) is 0 Å². The molecule has 2 unspecified atom stereocenters. The van der Waals surface area contributed by atoms with Crippen LogP contribution in [-0.2, 0) is 6.42 Å². The molecule has 39 heavy (non-hydrogen) atoms. The number of amides is 1. The second kappa shape index (κ2) is 10.9. The molecule has 3 aliphatic rings. The van der Waals surface area contributed by atoms with Gasteiger partial charge in [0.25, 0.3) is 5.91 Å². The summed E-state index contributed by atoms with van der Waals surface area (Å²) in [6.07, 6.45) is 5.84. The maximum atomic E-state index is 13.2. The zero-order valence-electron chi connectivity index (χ0n) is 23.3. The van der Waals surface area contributed by atoms with Crippen LogP contribution >= 0.6 is 0 Å². The molecule has 6 rings (SSSR count). The second-order valence-corrected chi connectivity index (χ2v) is 10.9. The average molecular weight is 526 g/mol. The maximum absolute atomic E-state index is 13.2. The summed E-state index contributed by atoms with van der Waals surface area (Å²) in [4.78, 5) is 20.3. The zero-order chi connectivity index (χ0) is 26.9. The number of anilines is 2. The Morgan fingerprint density at radius 1 is 0.923 bits per heavy atom. The number of carbonyl (C=O) groups excluding carboxylic acids is 1. The molecule has 2 atom stereocenters. The summed E-state index contributed by atoms with van der Waals surface area (Å²) in [7, 11) is 1.69. The number of ether oxygens (including phenoxy) is 2. The number of rotatable bonds is 8. The van der Waals surface area contributed by atoms with Crippen LogP contribution in [0.5, 0.6) is 17.2 Å². The second-order valence-electron chi connectivity index (χ2n) is 10.9. The largest absolute Gasteiger partial charge is 0.493 e. The van der Waals surface area contributed by atoms with Crippen molar-refractivity contribution in [2.45, 2.75) is 64.1 Å². The Kier molecular flexibility index (Phi) is 7.22. The molecular formula is C33H39N3O3. The molecule has 3 heterocycles. The highest BCUT2D eigenvalue weighted by atomic mass is 16.5. The molecule has 2 fully saturated rings. The molecule has 2 saturated heterocycles. The van der Waals surface area contributed by atoms with Gasteiger partial charge in [-0.05, 0) is 81.8 Å². The lowest BCUT2D eigenvalue weighted by atomic mass is 9.93. The third-order valence-electron chi connectivity index (χ3n) is 8.89. The molecule has 6 nitrogen and oxygen atoms in total. The molecule has 3 aromatic carbocycles. The van der Waals surface area contributed by atoms with E-state index in [-0.39, 0.29) is 5.91 Å². The van der Waals surface area contributed by atoms with E-state index in [1.807, 2.05) is 43.0 Å². The maximum Gasteiger partial charge on any atom is 0.253 e. The van der Waals surface area contributed by atoms with E-state index in [9.17, 15) is 4.79 Å². The van der Waals surface area contributed by atoms with Crippen molar-refractivity contribution in [3.63, 3.8) is 0 Å². The number of fused-ring (bicyclic) bond motifs is 4. The number of hydrogen-bond acceptors (Lipinski definition) is 5. The van der Waals surface area contributed by atoms with Gasteiger partial charge in [0.15, 0.2) is 17.2 Å². The van der Waals surface area contributed by atoms with E-state index in [2.05, 4.69) is 52.3 Å². The lowest BCUT2D eigenvalue weighted by Gasteiger charge is -2.46. The van der Waals surface area contributed by atoms with Crippen LogP contribution in [0.4, 0.5) is 11.4 Å². The Morgan fingerprint density at radius 3 is 2.36 bits per heavy atom. The molecule has 1 amide bonds. The van der Waals surface area contributed by atoms with Gasteiger partial charge in [-0.15, -0.1) is 0 Å². The highest BCUT2D eigenvalue weighted by molar-refractivity contribution is 5.96. The van der Waals surface area contributed by atoms with Crippen molar-refractivity contribution in [3.8, 4) is 17.2 Å². The average Bonchev–Trinajstić information content (AvgIpc) is 3.21. The lowest BCUT2D eigenvalue weighted by molar-refractivity contribution is 0.0772. The van der Waals surface area contributed by atoms with Crippen LogP contribution in [0.1, 0.15) is 55.5 Å². The normalized spacial score (nSPS) is 21.6. The topological polar surface area (TPSA) is 45.3 Å². The summed E-state index contributed by atoms with van der Waals surface area (Å²) in [5, 5.41) is 0.